The molecule has 2 aromatic rings. The monoisotopic (exact) mass is 405 g/mol. The molecule has 0 saturated heterocycles. The summed E-state index contributed by atoms with van der Waals surface area (Å²) in [5.74, 6) is 0.736. The lowest BCUT2D eigenvalue weighted by Gasteiger charge is -2.27. The average molecular weight is 406 g/mol. The molecule has 2 aromatic carbocycles. The smallest absolute Gasteiger partial charge is 0.228 e. The number of amides is 1. The van der Waals surface area contributed by atoms with Crippen LogP contribution >= 0.6 is 11.8 Å². The molecule has 0 heterocycles. The summed E-state index contributed by atoms with van der Waals surface area (Å²) >= 11 is 1.67. The van der Waals surface area contributed by atoms with Gasteiger partial charge in [0.2, 0.25) is 5.91 Å². The second-order valence-corrected chi connectivity index (χ2v) is 10.2. The number of anilines is 1. The molecule has 0 unspecified atom stereocenters. The first-order chi connectivity index (χ1) is 12.6. The van der Waals surface area contributed by atoms with E-state index >= 15 is 0 Å². The fraction of sp³-hybridized carbons (Fsp3) is 0.381. The Morgan fingerprint density at radius 2 is 1.67 bits per heavy atom. The third kappa shape index (κ3) is 5.84. The Labute approximate surface area is 166 Å². The number of aryl methyl sites for hydroxylation is 2. The van der Waals surface area contributed by atoms with E-state index in [0.29, 0.717) is 12.2 Å². The number of nitrogens with zero attached hydrogens (tertiary/aromatic N) is 1. The van der Waals surface area contributed by atoms with Gasteiger partial charge in [-0.3, -0.25) is 4.79 Å². The maximum atomic E-state index is 12.8. The van der Waals surface area contributed by atoms with Crippen molar-refractivity contribution in [2.75, 3.05) is 16.9 Å². The lowest BCUT2D eigenvalue weighted by atomic mass is 10.1. The number of sulfone groups is 1. The van der Waals surface area contributed by atoms with Gasteiger partial charge in [0.25, 0.3) is 0 Å². The summed E-state index contributed by atoms with van der Waals surface area (Å²) < 4.78 is 23.2. The lowest BCUT2D eigenvalue weighted by molar-refractivity contribution is -0.118. The van der Waals surface area contributed by atoms with E-state index in [0.717, 1.165) is 5.69 Å². The molecule has 4 nitrogen and oxygen atoms in total. The Morgan fingerprint density at radius 3 is 2.19 bits per heavy atom. The highest BCUT2D eigenvalue weighted by atomic mass is 32.2. The van der Waals surface area contributed by atoms with Gasteiger partial charge in [0.05, 0.1) is 4.90 Å². The van der Waals surface area contributed by atoms with E-state index in [4.69, 9.17) is 0 Å². The van der Waals surface area contributed by atoms with Crippen molar-refractivity contribution >= 4 is 33.2 Å². The number of hydrogen-bond donors (Lipinski definition) is 0. The van der Waals surface area contributed by atoms with Crippen molar-refractivity contribution in [3.63, 3.8) is 0 Å². The summed E-state index contributed by atoms with van der Waals surface area (Å²) in [7, 11) is -3.24. The normalized spacial score (nSPS) is 11.6. The molecule has 6 heteroatoms. The van der Waals surface area contributed by atoms with Crippen molar-refractivity contribution in [2.45, 2.75) is 49.9 Å². The fourth-order valence-electron chi connectivity index (χ4n) is 2.76. The van der Waals surface area contributed by atoms with Gasteiger partial charge in [-0.05, 0) is 75.2 Å². The summed E-state index contributed by atoms with van der Waals surface area (Å²) in [4.78, 5) is 15.9. The molecule has 1 amide bonds. The Bertz CT molecular complexity index is 904. The zero-order valence-corrected chi connectivity index (χ0v) is 18.2. The molecule has 0 radical (unpaired) electrons. The molecule has 0 aliphatic heterocycles. The molecule has 0 N–H and O–H groups in total. The summed E-state index contributed by atoms with van der Waals surface area (Å²) in [6.45, 7) is 8.09. The van der Waals surface area contributed by atoms with Crippen molar-refractivity contribution in [3.8, 4) is 0 Å². The van der Waals surface area contributed by atoms with E-state index in [1.807, 2.05) is 13.8 Å². The van der Waals surface area contributed by atoms with Crippen LogP contribution in [0.4, 0.5) is 5.69 Å². The predicted molar refractivity (Wildman–Crippen MR) is 113 cm³/mol. The minimum Gasteiger partial charge on any atom is -0.310 e. The molecule has 0 aliphatic rings. The highest BCUT2D eigenvalue weighted by Crippen LogP contribution is 2.24. The number of thioether (sulfide) groups is 1. The van der Waals surface area contributed by atoms with Crippen LogP contribution in [0.3, 0.4) is 0 Å². The number of rotatable bonds is 7. The Balaban J connectivity index is 2.05. The van der Waals surface area contributed by atoms with Crippen molar-refractivity contribution in [3.05, 3.63) is 53.6 Å². The van der Waals surface area contributed by atoms with Gasteiger partial charge < -0.3 is 4.90 Å². The first kappa shape index (κ1) is 21.5. The van der Waals surface area contributed by atoms with Crippen LogP contribution in [0.5, 0.6) is 0 Å². The number of carbonyl (C=O) groups excluding carboxylic acids is 1. The second kappa shape index (κ2) is 8.93. The molecule has 0 aliphatic carbocycles. The largest absolute Gasteiger partial charge is 0.310 e. The highest BCUT2D eigenvalue weighted by molar-refractivity contribution is 7.99. The number of carbonyl (C=O) groups is 1. The van der Waals surface area contributed by atoms with Crippen molar-refractivity contribution < 1.29 is 13.2 Å². The molecule has 0 fully saturated rings. The molecule has 0 aromatic heterocycles. The Morgan fingerprint density at radius 1 is 1.04 bits per heavy atom. The van der Waals surface area contributed by atoms with E-state index in [9.17, 15) is 13.2 Å². The van der Waals surface area contributed by atoms with Gasteiger partial charge in [0.1, 0.15) is 0 Å². The zero-order chi connectivity index (χ0) is 20.2. The molecule has 0 bridgehead atoms. The van der Waals surface area contributed by atoms with Crippen LogP contribution in [0.25, 0.3) is 0 Å². The summed E-state index contributed by atoms with van der Waals surface area (Å²) in [5, 5.41) is 0. The van der Waals surface area contributed by atoms with Crippen molar-refractivity contribution in [2.24, 2.45) is 0 Å². The van der Waals surface area contributed by atoms with Crippen LogP contribution in [0.15, 0.2) is 52.3 Å². The van der Waals surface area contributed by atoms with E-state index in [1.54, 1.807) is 40.9 Å². The molecule has 0 spiro atoms. The first-order valence-corrected chi connectivity index (χ1v) is 11.8. The van der Waals surface area contributed by atoms with Crippen molar-refractivity contribution in [1.29, 1.82) is 0 Å². The Kier molecular flexibility index (Phi) is 7.12. The van der Waals surface area contributed by atoms with Crippen LogP contribution in [-0.2, 0) is 14.6 Å². The maximum absolute atomic E-state index is 12.8. The third-order valence-corrected chi connectivity index (χ3v) is 6.52. The number of benzene rings is 2. The van der Waals surface area contributed by atoms with Crippen LogP contribution < -0.4 is 4.90 Å². The SMILES string of the molecule is Cc1ccc(SCCC(=O)N(c2ccc(S(C)(=O)=O)cc2)C(C)C)cc1C. The van der Waals surface area contributed by atoms with Gasteiger partial charge in [-0.25, -0.2) is 8.42 Å². The topological polar surface area (TPSA) is 54.5 Å². The third-order valence-electron chi connectivity index (χ3n) is 4.39. The second-order valence-electron chi connectivity index (χ2n) is 6.97. The molecule has 0 saturated carbocycles. The van der Waals surface area contributed by atoms with Crippen LogP contribution in [-0.4, -0.2) is 32.4 Å². The molecule has 146 valence electrons. The Hall–Kier alpha value is -1.79. The van der Waals surface area contributed by atoms with Crippen LogP contribution in [0.2, 0.25) is 0 Å². The fourth-order valence-corrected chi connectivity index (χ4v) is 4.33. The van der Waals surface area contributed by atoms with Gasteiger partial charge in [-0.2, -0.15) is 0 Å². The van der Waals surface area contributed by atoms with Gasteiger partial charge in [0.15, 0.2) is 9.84 Å². The molecular formula is C21H27NO3S2. The quantitative estimate of drug-likeness (QED) is 0.630. The van der Waals surface area contributed by atoms with Gasteiger partial charge in [-0.15, -0.1) is 11.8 Å². The van der Waals surface area contributed by atoms with Gasteiger partial charge in [-0.1, -0.05) is 6.07 Å². The first-order valence-electron chi connectivity index (χ1n) is 8.92. The van der Waals surface area contributed by atoms with Gasteiger partial charge >= 0.3 is 0 Å². The predicted octanol–water partition coefficient (Wildman–Crippen LogP) is 4.63. The highest BCUT2D eigenvalue weighted by Gasteiger charge is 2.19. The van der Waals surface area contributed by atoms with Crippen LogP contribution in [0, 0.1) is 13.8 Å². The molecular weight excluding hydrogens is 378 g/mol. The zero-order valence-electron chi connectivity index (χ0n) is 16.5. The minimum absolute atomic E-state index is 0.00629. The minimum atomic E-state index is -3.24. The summed E-state index contributed by atoms with van der Waals surface area (Å²) in [5.41, 5.74) is 3.23. The average Bonchev–Trinajstić information content (AvgIpc) is 2.57. The van der Waals surface area contributed by atoms with Gasteiger partial charge in [0, 0.05) is 35.1 Å². The van der Waals surface area contributed by atoms with E-state index in [1.165, 1.54) is 22.3 Å². The molecule has 0 atom stereocenters. The van der Waals surface area contributed by atoms with E-state index in [2.05, 4.69) is 32.0 Å². The van der Waals surface area contributed by atoms with Crippen LogP contribution in [0.1, 0.15) is 31.4 Å². The lowest BCUT2D eigenvalue weighted by Crippen LogP contribution is -2.37. The summed E-state index contributed by atoms with van der Waals surface area (Å²) in [6.07, 6.45) is 1.60. The van der Waals surface area contributed by atoms with E-state index in [-0.39, 0.29) is 16.8 Å². The standard InChI is InChI=1S/C21H27NO3S2/c1-15(2)22(18-7-10-20(11-8-18)27(5,24)25)21(23)12-13-26-19-9-6-16(3)17(4)14-19/h6-11,14-15H,12-13H2,1-5H3. The maximum Gasteiger partial charge on any atom is 0.228 e. The number of hydrogen-bond acceptors (Lipinski definition) is 4. The van der Waals surface area contributed by atoms with E-state index < -0.39 is 9.84 Å². The summed E-state index contributed by atoms with van der Waals surface area (Å²) in [6, 6.07) is 12.8. The van der Waals surface area contributed by atoms with Crippen molar-refractivity contribution in [1.82, 2.24) is 0 Å². The molecule has 27 heavy (non-hydrogen) atoms. The molecule has 2 rings (SSSR count).